The molecule has 2 atom stereocenters. The lowest BCUT2D eigenvalue weighted by atomic mass is 9.88. The van der Waals surface area contributed by atoms with Crippen LogP contribution >= 0.6 is 0 Å². The maximum Gasteiger partial charge on any atom is 0.0524 e. The lowest BCUT2D eigenvalue weighted by Gasteiger charge is -2.17. The Morgan fingerprint density at radius 3 is 3.45 bits per heavy atom. The molecule has 2 aliphatic rings. The minimum atomic E-state index is 0.850. The van der Waals surface area contributed by atoms with Crippen molar-refractivity contribution in [3.8, 4) is 0 Å². The van der Waals surface area contributed by atoms with Gasteiger partial charge in [0, 0.05) is 5.69 Å². The monoisotopic (exact) mass is 148 g/mol. The minimum absolute atomic E-state index is 0.850. The zero-order chi connectivity index (χ0) is 7.26. The van der Waals surface area contributed by atoms with Crippen LogP contribution < -0.4 is 0 Å². The largest absolute Gasteiger partial charge is 0.282 e. The summed E-state index contributed by atoms with van der Waals surface area (Å²) in [5, 5.41) is 7.21. The predicted octanol–water partition coefficient (Wildman–Crippen LogP) is 1.85. The number of aromatic nitrogens is 2. The predicted molar refractivity (Wildman–Crippen MR) is 42.4 cm³/mol. The van der Waals surface area contributed by atoms with Crippen LogP contribution in [0.15, 0.2) is 6.20 Å². The molecular weight excluding hydrogens is 136 g/mol. The smallest absolute Gasteiger partial charge is 0.0524 e. The van der Waals surface area contributed by atoms with E-state index in [1.807, 2.05) is 6.20 Å². The summed E-state index contributed by atoms with van der Waals surface area (Å²) in [5.74, 6) is 1.82. The molecule has 1 aromatic rings. The van der Waals surface area contributed by atoms with E-state index in [1.54, 1.807) is 0 Å². The van der Waals surface area contributed by atoms with Crippen molar-refractivity contribution in [2.75, 3.05) is 0 Å². The average Bonchev–Trinajstić information content (AvgIpc) is 2.58. The molecule has 0 spiro atoms. The second-order valence-electron chi connectivity index (χ2n) is 3.88. The van der Waals surface area contributed by atoms with Crippen LogP contribution in [0.2, 0.25) is 0 Å². The van der Waals surface area contributed by atoms with Crippen LogP contribution in [0.4, 0.5) is 0 Å². The first-order chi connectivity index (χ1) is 5.43. The summed E-state index contributed by atoms with van der Waals surface area (Å²) >= 11 is 0. The summed E-state index contributed by atoms with van der Waals surface area (Å²) in [6, 6.07) is 0. The number of hydrogen-bond acceptors (Lipinski definition) is 1. The Hall–Kier alpha value is -0.790. The van der Waals surface area contributed by atoms with E-state index >= 15 is 0 Å². The van der Waals surface area contributed by atoms with Crippen LogP contribution in [0.5, 0.6) is 0 Å². The van der Waals surface area contributed by atoms with Crippen molar-refractivity contribution in [1.29, 1.82) is 0 Å². The van der Waals surface area contributed by atoms with Gasteiger partial charge in [-0.15, -0.1) is 0 Å². The zero-order valence-corrected chi connectivity index (χ0v) is 6.51. The van der Waals surface area contributed by atoms with E-state index in [0.29, 0.717) is 0 Å². The highest BCUT2D eigenvalue weighted by molar-refractivity contribution is 5.26. The van der Waals surface area contributed by atoms with Gasteiger partial charge in [0.15, 0.2) is 0 Å². The summed E-state index contributed by atoms with van der Waals surface area (Å²) in [4.78, 5) is 0. The van der Waals surface area contributed by atoms with Gasteiger partial charge in [-0.1, -0.05) is 0 Å². The topological polar surface area (TPSA) is 28.7 Å². The molecule has 2 heteroatoms. The Balaban J connectivity index is 2.12. The van der Waals surface area contributed by atoms with Gasteiger partial charge in [0.1, 0.15) is 0 Å². The Morgan fingerprint density at radius 1 is 1.45 bits per heavy atom. The normalized spacial score (nSPS) is 33.8. The second-order valence-corrected chi connectivity index (χ2v) is 3.88. The highest BCUT2D eigenvalue weighted by atomic mass is 15.1. The molecule has 3 rings (SSSR count). The zero-order valence-electron chi connectivity index (χ0n) is 6.51. The SMILES string of the molecule is c1n[nH]c2c1[C@H]1CC[C@@H](C2)C1. The van der Waals surface area contributed by atoms with E-state index in [-0.39, 0.29) is 0 Å². The van der Waals surface area contributed by atoms with Gasteiger partial charge in [-0.25, -0.2) is 0 Å². The highest BCUT2D eigenvalue weighted by Crippen LogP contribution is 2.45. The lowest BCUT2D eigenvalue weighted by molar-refractivity contribution is 0.504. The Morgan fingerprint density at radius 2 is 2.45 bits per heavy atom. The highest BCUT2D eigenvalue weighted by Gasteiger charge is 2.33. The third-order valence-corrected chi connectivity index (χ3v) is 3.23. The van der Waals surface area contributed by atoms with Crippen LogP contribution in [0, 0.1) is 5.92 Å². The van der Waals surface area contributed by atoms with E-state index in [2.05, 4.69) is 10.2 Å². The molecule has 0 aromatic carbocycles. The van der Waals surface area contributed by atoms with Crippen molar-refractivity contribution in [2.24, 2.45) is 5.92 Å². The molecule has 0 unspecified atom stereocenters. The van der Waals surface area contributed by atoms with Gasteiger partial charge >= 0.3 is 0 Å². The molecule has 0 radical (unpaired) electrons. The first kappa shape index (κ1) is 5.81. The van der Waals surface area contributed by atoms with E-state index in [0.717, 1.165) is 11.8 Å². The van der Waals surface area contributed by atoms with E-state index in [9.17, 15) is 0 Å². The van der Waals surface area contributed by atoms with Gasteiger partial charge in [0.05, 0.1) is 6.20 Å². The number of aromatic amines is 1. The number of nitrogens with zero attached hydrogens (tertiary/aromatic N) is 1. The van der Waals surface area contributed by atoms with Gasteiger partial charge in [-0.3, -0.25) is 5.10 Å². The van der Waals surface area contributed by atoms with Crippen molar-refractivity contribution in [1.82, 2.24) is 10.2 Å². The first-order valence-corrected chi connectivity index (χ1v) is 4.45. The second kappa shape index (κ2) is 1.87. The van der Waals surface area contributed by atoms with Gasteiger partial charge in [0.2, 0.25) is 0 Å². The van der Waals surface area contributed by atoms with Gasteiger partial charge in [0.25, 0.3) is 0 Å². The fourth-order valence-corrected chi connectivity index (χ4v) is 2.67. The molecule has 0 saturated heterocycles. The van der Waals surface area contributed by atoms with Gasteiger partial charge in [-0.2, -0.15) is 5.10 Å². The summed E-state index contributed by atoms with van der Waals surface area (Å²) in [6.45, 7) is 0. The maximum atomic E-state index is 4.10. The van der Waals surface area contributed by atoms with Crippen LogP contribution in [0.25, 0.3) is 0 Å². The number of H-pyrrole nitrogens is 1. The van der Waals surface area contributed by atoms with Crippen molar-refractivity contribution in [3.63, 3.8) is 0 Å². The molecule has 2 aliphatic carbocycles. The molecular formula is C9H12N2. The molecule has 1 aromatic heterocycles. The summed E-state index contributed by atoms with van der Waals surface area (Å²) in [6.07, 6.45) is 7.55. The number of hydrogen-bond donors (Lipinski definition) is 1. The number of fused-ring (bicyclic) bond motifs is 4. The fraction of sp³-hybridized carbons (Fsp3) is 0.667. The first-order valence-electron chi connectivity index (χ1n) is 4.45. The molecule has 1 heterocycles. The summed E-state index contributed by atoms with van der Waals surface area (Å²) in [7, 11) is 0. The Bertz CT molecular complexity index is 277. The van der Waals surface area contributed by atoms with E-state index in [4.69, 9.17) is 0 Å². The molecule has 1 saturated carbocycles. The minimum Gasteiger partial charge on any atom is -0.282 e. The molecule has 58 valence electrons. The fourth-order valence-electron chi connectivity index (χ4n) is 2.67. The van der Waals surface area contributed by atoms with Gasteiger partial charge in [-0.05, 0) is 43.1 Å². The molecule has 0 amide bonds. The molecule has 0 aliphatic heterocycles. The maximum absolute atomic E-state index is 4.10. The molecule has 11 heavy (non-hydrogen) atoms. The molecule has 1 N–H and O–H groups in total. The molecule has 2 nitrogen and oxygen atoms in total. The van der Waals surface area contributed by atoms with E-state index in [1.165, 1.54) is 36.9 Å². The van der Waals surface area contributed by atoms with Crippen molar-refractivity contribution >= 4 is 0 Å². The van der Waals surface area contributed by atoms with Crippen LogP contribution in [-0.4, -0.2) is 10.2 Å². The molecule has 1 fully saturated rings. The van der Waals surface area contributed by atoms with Gasteiger partial charge < -0.3 is 0 Å². The lowest BCUT2D eigenvalue weighted by Crippen LogP contribution is -2.08. The van der Waals surface area contributed by atoms with Crippen LogP contribution in [-0.2, 0) is 6.42 Å². The summed E-state index contributed by atoms with van der Waals surface area (Å²) < 4.78 is 0. The standard InChI is InChI=1S/C9H12N2/c1-2-7-3-6(1)4-9-8(7)5-10-11-9/h5-7H,1-4H2,(H,10,11)/t6-,7+/m1/s1. The number of rotatable bonds is 0. The number of nitrogens with one attached hydrogen (secondary N) is 1. The quantitative estimate of drug-likeness (QED) is 0.597. The van der Waals surface area contributed by atoms with Crippen molar-refractivity contribution in [2.45, 2.75) is 31.6 Å². The van der Waals surface area contributed by atoms with Crippen molar-refractivity contribution < 1.29 is 0 Å². The van der Waals surface area contributed by atoms with Crippen LogP contribution in [0.3, 0.4) is 0 Å². The third-order valence-electron chi connectivity index (χ3n) is 3.23. The van der Waals surface area contributed by atoms with Crippen molar-refractivity contribution in [3.05, 3.63) is 17.5 Å². The molecule has 2 bridgehead atoms. The Kier molecular flexibility index (Phi) is 0.989. The van der Waals surface area contributed by atoms with E-state index < -0.39 is 0 Å². The average molecular weight is 148 g/mol. The van der Waals surface area contributed by atoms with Crippen LogP contribution in [0.1, 0.15) is 36.4 Å². The summed E-state index contributed by atoms with van der Waals surface area (Å²) in [5.41, 5.74) is 2.93. The third kappa shape index (κ3) is 0.697. The Labute approximate surface area is 66.0 Å².